The Morgan fingerprint density at radius 3 is 2.80 bits per heavy atom. The largest absolute Gasteiger partial charge is 0.368 e. The molecule has 0 saturated carbocycles. The van der Waals surface area contributed by atoms with Gasteiger partial charge < -0.3 is 11.1 Å². The summed E-state index contributed by atoms with van der Waals surface area (Å²) in [6, 6.07) is 0.187. The van der Waals surface area contributed by atoms with E-state index in [0.29, 0.717) is 16.9 Å². The molecule has 6 nitrogen and oxygen atoms in total. The van der Waals surface area contributed by atoms with Gasteiger partial charge >= 0.3 is 0 Å². The smallest absolute Gasteiger partial charge is 0.230 e. The van der Waals surface area contributed by atoms with Gasteiger partial charge in [0.2, 0.25) is 11.9 Å². The molecule has 0 aliphatic carbocycles. The van der Waals surface area contributed by atoms with Crippen molar-refractivity contribution in [3.05, 3.63) is 0 Å². The van der Waals surface area contributed by atoms with Crippen LogP contribution in [-0.2, 0) is 4.79 Å². The van der Waals surface area contributed by atoms with Gasteiger partial charge in [0.1, 0.15) is 0 Å². The molecule has 0 aliphatic rings. The van der Waals surface area contributed by atoms with Crippen molar-refractivity contribution in [3.63, 3.8) is 0 Å². The lowest BCUT2D eigenvalue weighted by molar-refractivity contribution is -0.118. The van der Waals surface area contributed by atoms with Gasteiger partial charge in [0.15, 0.2) is 5.16 Å². The topological polar surface area (TPSA) is 85.8 Å². The molecule has 0 aliphatic heterocycles. The second-order valence-electron chi connectivity index (χ2n) is 3.27. The number of amides is 1. The van der Waals surface area contributed by atoms with E-state index in [1.807, 2.05) is 13.8 Å². The van der Waals surface area contributed by atoms with Crippen LogP contribution >= 0.6 is 11.8 Å². The first kappa shape index (κ1) is 11.8. The van der Waals surface area contributed by atoms with Gasteiger partial charge in [-0.25, -0.2) is 0 Å². The van der Waals surface area contributed by atoms with Crippen LogP contribution in [0.3, 0.4) is 0 Å². The van der Waals surface area contributed by atoms with Gasteiger partial charge in [-0.3, -0.25) is 9.36 Å². The van der Waals surface area contributed by atoms with Crippen LogP contribution in [0, 0.1) is 0 Å². The fourth-order valence-corrected chi connectivity index (χ4v) is 2.02. The maximum atomic E-state index is 11.1. The van der Waals surface area contributed by atoms with Crippen molar-refractivity contribution in [3.8, 4) is 0 Å². The van der Waals surface area contributed by atoms with Crippen molar-refractivity contribution in [1.82, 2.24) is 20.1 Å². The molecular weight excluding hydrogens is 214 g/mol. The van der Waals surface area contributed by atoms with Crippen LogP contribution in [0.15, 0.2) is 5.16 Å². The van der Waals surface area contributed by atoms with E-state index in [1.165, 1.54) is 11.8 Å². The highest BCUT2D eigenvalue weighted by Gasteiger charge is 2.13. The number of nitrogen functional groups attached to an aromatic ring is 1. The van der Waals surface area contributed by atoms with Crippen molar-refractivity contribution in [1.29, 1.82) is 0 Å². The number of hydrogen-bond acceptors (Lipinski definition) is 5. The molecule has 0 radical (unpaired) electrons. The van der Waals surface area contributed by atoms with Crippen LogP contribution in [0.5, 0.6) is 0 Å². The predicted octanol–water partition coefficient (Wildman–Crippen LogP) is 0.279. The Kier molecular flexibility index (Phi) is 3.96. The lowest BCUT2D eigenvalue weighted by Crippen LogP contribution is -2.20. The van der Waals surface area contributed by atoms with E-state index in [1.54, 1.807) is 11.6 Å². The molecule has 0 aromatic carbocycles. The Morgan fingerprint density at radius 2 is 2.27 bits per heavy atom. The number of rotatable bonds is 4. The number of hydrogen-bond donors (Lipinski definition) is 2. The van der Waals surface area contributed by atoms with Crippen LogP contribution in [-0.4, -0.2) is 33.5 Å². The van der Waals surface area contributed by atoms with Crippen molar-refractivity contribution in [2.24, 2.45) is 0 Å². The van der Waals surface area contributed by atoms with Crippen LogP contribution in [0.25, 0.3) is 0 Å². The maximum absolute atomic E-state index is 11.1. The zero-order valence-corrected chi connectivity index (χ0v) is 9.84. The first-order valence-electron chi connectivity index (χ1n) is 4.60. The first-order valence-corrected chi connectivity index (χ1v) is 5.58. The third-order valence-corrected chi connectivity index (χ3v) is 2.76. The van der Waals surface area contributed by atoms with Gasteiger partial charge in [-0.1, -0.05) is 11.8 Å². The third-order valence-electron chi connectivity index (χ3n) is 1.82. The van der Waals surface area contributed by atoms with E-state index in [9.17, 15) is 4.79 Å². The van der Waals surface area contributed by atoms with Gasteiger partial charge in [0, 0.05) is 13.1 Å². The Labute approximate surface area is 92.6 Å². The van der Waals surface area contributed by atoms with Crippen molar-refractivity contribution < 1.29 is 4.79 Å². The standard InChI is InChI=1S/C8H15N5OS/c1-5(2)13-7(9)11-12-8(13)15-4-6(14)10-3/h5H,4H2,1-3H3,(H2,9,11)(H,10,14). The highest BCUT2D eigenvalue weighted by Crippen LogP contribution is 2.21. The minimum atomic E-state index is -0.0446. The van der Waals surface area contributed by atoms with E-state index in [4.69, 9.17) is 5.73 Å². The normalized spacial score (nSPS) is 10.7. The van der Waals surface area contributed by atoms with Gasteiger partial charge in [-0.05, 0) is 13.8 Å². The molecule has 0 unspecified atom stereocenters. The summed E-state index contributed by atoms with van der Waals surface area (Å²) < 4.78 is 1.80. The highest BCUT2D eigenvalue weighted by atomic mass is 32.2. The molecular formula is C8H15N5OS. The summed E-state index contributed by atoms with van der Waals surface area (Å²) >= 11 is 1.33. The van der Waals surface area contributed by atoms with Crippen LogP contribution in [0.4, 0.5) is 5.95 Å². The first-order chi connectivity index (χ1) is 7.06. The number of nitrogens with two attached hydrogens (primary N) is 1. The summed E-state index contributed by atoms with van der Waals surface area (Å²) in [5, 5.41) is 10.9. The molecule has 0 saturated heterocycles. The van der Waals surface area contributed by atoms with Crippen molar-refractivity contribution in [2.75, 3.05) is 18.5 Å². The predicted molar refractivity (Wildman–Crippen MR) is 59.6 cm³/mol. The number of carbonyl (C=O) groups is 1. The fourth-order valence-electron chi connectivity index (χ4n) is 1.07. The van der Waals surface area contributed by atoms with E-state index in [2.05, 4.69) is 15.5 Å². The molecule has 0 atom stereocenters. The monoisotopic (exact) mass is 229 g/mol. The number of carbonyl (C=O) groups excluding carboxylic acids is 1. The summed E-state index contributed by atoms with van der Waals surface area (Å²) in [6.45, 7) is 3.98. The quantitative estimate of drug-likeness (QED) is 0.724. The summed E-state index contributed by atoms with van der Waals surface area (Å²) in [6.07, 6.45) is 0. The molecule has 3 N–H and O–H groups in total. The lowest BCUT2D eigenvalue weighted by atomic mass is 10.4. The van der Waals surface area contributed by atoms with Crippen LogP contribution in [0.2, 0.25) is 0 Å². The van der Waals surface area contributed by atoms with Crippen LogP contribution < -0.4 is 11.1 Å². The lowest BCUT2D eigenvalue weighted by Gasteiger charge is -2.10. The number of thioether (sulfide) groups is 1. The molecule has 7 heteroatoms. The zero-order valence-electron chi connectivity index (χ0n) is 9.02. The molecule has 84 valence electrons. The van der Waals surface area contributed by atoms with Crippen molar-refractivity contribution >= 4 is 23.6 Å². The Morgan fingerprint density at radius 1 is 1.60 bits per heavy atom. The fraction of sp³-hybridized carbons (Fsp3) is 0.625. The van der Waals surface area contributed by atoms with Gasteiger partial charge in [0.25, 0.3) is 0 Å². The minimum Gasteiger partial charge on any atom is -0.368 e. The summed E-state index contributed by atoms with van der Waals surface area (Å²) in [5.74, 6) is 0.655. The van der Waals surface area contributed by atoms with Crippen molar-refractivity contribution in [2.45, 2.75) is 25.0 Å². The molecule has 1 aromatic rings. The zero-order chi connectivity index (χ0) is 11.4. The third kappa shape index (κ3) is 2.85. The van der Waals surface area contributed by atoms with Crippen LogP contribution in [0.1, 0.15) is 19.9 Å². The highest BCUT2D eigenvalue weighted by molar-refractivity contribution is 7.99. The molecule has 1 amide bonds. The molecule has 1 aromatic heterocycles. The number of anilines is 1. The minimum absolute atomic E-state index is 0.0446. The molecule has 1 heterocycles. The molecule has 15 heavy (non-hydrogen) atoms. The average Bonchev–Trinajstić information content (AvgIpc) is 2.56. The Balaban J connectivity index is 2.73. The van der Waals surface area contributed by atoms with Gasteiger partial charge in [-0.15, -0.1) is 10.2 Å². The Bertz CT molecular complexity index is 349. The number of nitrogens with one attached hydrogen (secondary N) is 1. The van der Waals surface area contributed by atoms with E-state index in [0.717, 1.165) is 0 Å². The van der Waals surface area contributed by atoms with Gasteiger partial charge in [-0.2, -0.15) is 0 Å². The summed E-state index contributed by atoms with van der Waals surface area (Å²) in [4.78, 5) is 11.1. The summed E-state index contributed by atoms with van der Waals surface area (Å²) in [7, 11) is 1.60. The molecule has 0 fully saturated rings. The SMILES string of the molecule is CNC(=O)CSc1nnc(N)n1C(C)C. The van der Waals surface area contributed by atoms with E-state index < -0.39 is 0 Å². The molecule has 1 rings (SSSR count). The number of nitrogens with zero attached hydrogens (tertiary/aromatic N) is 3. The van der Waals surface area contributed by atoms with Gasteiger partial charge in [0.05, 0.1) is 5.75 Å². The summed E-state index contributed by atoms with van der Waals surface area (Å²) in [5.41, 5.74) is 5.66. The second-order valence-corrected chi connectivity index (χ2v) is 4.21. The molecule has 0 bridgehead atoms. The Hall–Kier alpha value is -1.24. The van der Waals surface area contributed by atoms with E-state index in [-0.39, 0.29) is 11.9 Å². The second kappa shape index (κ2) is 5.01. The van der Waals surface area contributed by atoms with E-state index >= 15 is 0 Å². The average molecular weight is 229 g/mol. The maximum Gasteiger partial charge on any atom is 0.230 e. The number of aromatic nitrogens is 3. The molecule has 0 spiro atoms.